The molecule has 1 saturated heterocycles. The normalized spacial score (nSPS) is 14.7. The van der Waals surface area contributed by atoms with Crippen LogP contribution in [0.25, 0.3) is 0 Å². The molecule has 0 atom stereocenters. The number of aromatic nitrogens is 3. The lowest BCUT2D eigenvalue weighted by Gasteiger charge is -2.16. The molecule has 0 radical (unpaired) electrons. The molecule has 1 aliphatic heterocycles. The molecular formula is C21H23BrN4S. The summed E-state index contributed by atoms with van der Waals surface area (Å²) in [7, 11) is 0. The summed E-state index contributed by atoms with van der Waals surface area (Å²) in [5.41, 5.74) is 2.57. The number of rotatable bonds is 7. The van der Waals surface area contributed by atoms with Gasteiger partial charge in [-0.25, -0.2) is 0 Å². The number of hydrogen-bond donors (Lipinski definition) is 0. The Morgan fingerprint density at radius 2 is 1.59 bits per heavy atom. The highest BCUT2D eigenvalue weighted by molar-refractivity contribution is 9.10. The molecule has 0 aliphatic carbocycles. The molecule has 0 bridgehead atoms. The van der Waals surface area contributed by atoms with Gasteiger partial charge in [-0.3, -0.25) is 4.90 Å². The molecule has 1 aliphatic rings. The second-order valence-electron chi connectivity index (χ2n) is 6.87. The summed E-state index contributed by atoms with van der Waals surface area (Å²) >= 11 is 5.26. The molecule has 1 fully saturated rings. The van der Waals surface area contributed by atoms with Crippen molar-refractivity contribution in [3.05, 3.63) is 76.0 Å². The minimum atomic E-state index is 0.819. The second kappa shape index (κ2) is 9.04. The van der Waals surface area contributed by atoms with Crippen molar-refractivity contribution in [3.8, 4) is 0 Å². The fourth-order valence-corrected chi connectivity index (χ4v) is 4.51. The number of likely N-dealkylation sites (tertiary alicyclic amines) is 1. The van der Waals surface area contributed by atoms with Crippen molar-refractivity contribution < 1.29 is 0 Å². The van der Waals surface area contributed by atoms with Crippen LogP contribution in [-0.4, -0.2) is 32.8 Å². The van der Waals surface area contributed by atoms with Crippen LogP contribution in [0.4, 0.5) is 0 Å². The van der Waals surface area contributed by atoms with Gasteiger partial charge in [-0.2, -0.15) is 0 Å². The number of benzene rings is 2. The van der Waals surface area contributed by atoms with Crippen LogP contribution in [0.15, 0.2) is 64.2 Å². The van der Waals surface area contributed by atoms with E-state index in [1.165, 1.54) is 37.1 Å². The van der Waals surface area contributed by atoms with Crippen LogP contribution >= 0.6 is 27.7 Å². The Labute approximate surface area is 173 Å². The summed E-state index contributed by atoms with van der Waals surface area (Å²) in [6, 6.07) is 19.1. The Hall–Kier alpha value is -1.63. The van der Waals surface area contributed by atoms with Gasteiger partial charge in [-0.1, -0.05) is 70.2 Å². The van der Waals surface area contributed by atoms with Crippen LogP contribution in [0.5, 0.6) is 0 Å². The molecule has 0 unspecified atom stereocenters. The third-order valence-corrected chi connectivity index (χ3v) is 6.39. The third kappa shape index (κ3) is 5.00. The van der Waals surface area contributed by atoms with Crippen LogP contribution in [0.1, 0.15) is 29.8 Å². The fourth-order valence-electron chi connectivity index (χ4n) is 3.34. The van der Waals surface area contributed by atoms with Gasteiger partial charge in [0.1, 0.15) is 5.82 Å². The predicted octanol–water partition coefficient (Wildman–Crippen LogP) is 4.98. The minimum absolute atomic E-state index is 0.819. The second-order valence-corrected chi connectivity index (χ2v) is 8.73. The van der Waals surface area contributed by atoms with E-state index in [0.29, 0.717) is 0 Å². The lowest BCUT2D eigenvalue weighted by atomic mass is 10.2. The van der Waals surface area contributed by atoms with Crippen LogP contribution in [0.3, 0.4) is 0 Å². The van der Waals surface area contributed by atoms with Crippen LogP contribution in [0.2, 0.25) is 0 Å². The van der Waals surface area contributed by atoms with Crippen molar-refractivity contribution in [1.82, 2.24) is 19.7 Å². The highest BCUT2D eigenvalue weighted by atomic mass is 79.9. The van der Waals surface area contributed by atoms with Gasteiger partial charge in [0, 0.05) is 10.2 Å². The summed E-state index contributed by atoms with van der Waals surface area (Å²) < 4.78 is 3.40. The SMILES string of the molecule is Brc1ccc(CSc2nnc(CN3CCCC3)n2Cc2ccccc2)cc1. The Bertz CT molecular complexity index is 858. The summed E-state index contributed by atoms with van der Waals surface area (Å²) in [4.78, 5) is 2.48. The molecule has 0 spiro atoms. The van der Waals surface area contributed by atoms with E-state index in [-0.39, 0.29) is 0 Å². The Morgan fingerprint density at radius 3 is 2.33 bits per heavy atom. The quantitative estimate of drug-likeness (QED) is 0.483. The van der Waals surface area contributed by atoms with Crippen LogP contribution < -0.4 is 0 Å². The van der Waals surface area contributed by atoms with E-state index >= 15 is 0 Å². The molecule has 0 amide bonds. The zero-order valence-electron chi connectivity index (χ0n) is 15.2. The molecule has 4 nitrogen and oxygen atoms in total. The highest BCUT2D eigenvalue weighted by Crippen LogP contribution is 2.25. The molecule has 6 heteroatoms. The lowest BCUT2D eigenvalue weighted by Crippen LogP contribution is -2.21. The van der Waals surface area contributed by atoms with E-state index in [4.69, 9.17) is 0 Å². The number of hydrogen-bond acceptors (Lipinski definition) is 4. The van der Waals surface area contributed by atoms with Crippen LogP contribution in [-0.2, 0) is 18.8 Å². The third-order valence-electron chi connectivity index (χ3n) is 4.82. The van der Waals surface area contributed by atoms with Gasteiger partial charge in [-0.15, -0.1) is 10.2 Å². The fraction of sp³-hybridized carbons (Fsp3) is 0.333. The Kier molecular flexibility index (Phi) is 6.27. The number of nitrogens with zero attached hydrogens (tertiary/aromatic N) is 4. The maximum atomic E-state index is 4.55. The first-order valence-corrected chi connectivity index (χ1v) is 11.1. The van der Waals surface area contributed by atoms with Crippen LogP contribution in [0, 0.1) is 0 Å². The van der Waals surface area contributed by atoms with Crippen molar-refractivity contribution in [3.63, 3.8) is 0 Å². The van der Waals surface area contributed by atoms with E-state index in [9.17, 15) is 0 Å². The lowest BCUT2D eigenvalue weighted by molar-refractivity contribution is 0.316. The topological polar surface area (TPSA) is 34.0 Å². The van der Waals surface area contributed by atoms with Crippen molar-refractivity contribution in [2.24, 2.45) is 0 Å². The Morgan fingerprint density at radius 1 is 0.852 bits per heavy atom. The van der Waals surface area contributed by atoms with Crippen molar-refractivity contribution >= 4 is 27.7 Å². The molecule has 0 saturated carbocycles. The average Bonchev–Trinajstić information content (AvgIpc) is 3.34. The van der Waals surface area contributed by atoms with E-state index in [1.54, 1.807) is 11.8 Å². The number of thioether (sulfide) groups is 1. The first kappa shape index (κ1) is 18.7. The maximum absolute atomic E-state index is 4.55. The molecular weight excluding hydrogens is 420 g/mol. The van der Waals surface area contributed by atoms with Gasteiger partial charge < -0.3 is 4.57 Å². The standard InChI is InChI=1S/C21H23BrN4S/c22-19-10-8-18(9-11-19)16-27-21-24-23-20(15-25-12-4-5-13-25)26(21)14-17-6-2-1-3-7-17/h1-3,6-11H,4-5,12-16H2. The molecule has 27 heavy (non-hydrogen) atoms. The van der Waals surface area contributed by atoms with Gasteiger partial charge in [0.05, 0.1) is 13.1 Å². The molecule has 3 aromatic rings. The van der Waals surface area contributed by atoms with Gasteiger partial charge >= 0.3 is 0 Å². The maximum Gasteiger partial charge on any atom is 0.191 e. The molecule has 4 rings (SSSR count). The zero-order valence-corrected chi connectivity index (χ0v) is 17.6. The first-order valence-electron chi connectivity index (χ1n) is 9.33. The number of halogens is 1. The van der Waals surface area contributed by atoms with Crippen molar-refractivity contribution in [2.75, 3.05) is 13.1 Å². The van der Waals surface area contributed by atoms with Gasteiger partial charge in [0.25, 0.3) is 0 Å². The zero-order chi connectivity index (χ0) is 18.5. The summed E-state index contributed by atoms with van der Waals surface area (Å²) in [6.45, 7) is 4.04. The summed E-state index contributed by atoms with van der Waals surface area (Å²) in [5, 5.41) is 10.1. The molecule has 0 N–H and O–H groups in total. The van der Waals surface area contributed by atoms with Gasteiger partial charge in [-0.05, 0) is 49.2 Å². The van der Waals surface area contributed by atoms with E-state index in [1.807, 2.05) is 0 Å². The van der Waals surface area contributed by atoms with Crippen molar-refractivity contribution in [2.45, 2.75) is 36.8 Å². The van der Waals surface area contributed by atoms with Crippen molar-refractivity contribution in [1.29, 1.82) is 0 Å². The van der Waals surface area contributed by atoms with Gasteiger partial charge in [0.2, 0.25) is 0 Å². The predicted molar refractivity (Wildman–Crippen MR) is 114 cm³/mol. The molecule has 140 valence electrons. The summed E-state index contributed by atoms with van der Waals surface area (Å²) in [6.07, 6.45) is 2.58. The molecule has 2 heterocycles. The smallest absolute Gasteiger partial charge is 0.191 e. The molecule has 1 aromatic heterocycles. The molecule has 2 aromatic carbocycles. The van der Waals surface area contributed by atoms with Gasteiger partial charge in [0.15, 0.2) is 5.16 Å². The van der Waals surface area contributed by atoms with E-state index in [2.05, 4.69) is 90.2 Å². The van der Waals surface area contributed by atoms with E-state index < -0.39 is 0 Å². The van der Waals surface area contributed by atoms with E-state index in [0.717, 1.165) is 34.3 Å². The Balaban J connectivity index is 1.53. The largest absolute Gasteiger partial charge is 0.300 e. The minimum Gasteiger partial charge on any atom is -0.300 e. The monoisotopic (exact) mass is 442 g/mol. The summed E-state index contributed by atoms with van der Waals surface area (Å²) in [5.74, 6) is 1.96. The first-order chi connectivity index (χ1) is 13.3. The average molecular weight is 443 g/mol. The highest BCUT2D eigenvalue weighted by Gasteiger charge is 2.18.